The molecule has 2 aliphatic carbocycles. The Hall–Kier alpha value is -2.22. The molecule has 0 aromatic carbocycles. The number of allylic oxidation sites excluding steroid dienone is 1. The van der Waals surface area contributed by atoms with Gasteiger partial charge in [-0.25, -0.2) is 4.79 Å². The van der Waals surface area contributed by atoms with Crippen LogP contribution in [0.5, 0.6) is 0 Å². The second-order valence-electron chi connectivity index (χ2n) is 15.2. The first-order valence-electron chi connectivity index (χ1n) is 18.3. The quantitative estimate of drug-likeness (QED) is 0.0684. The van der Waals surface area contributed by atoms with Gasteiger partial charge in [0, 0.05) is 31.2 Å². The highest BCUT2D eigenvalue weighted by Crippen LogP contribution is 2.46. The normalized spacial score (nSPS) is 41.5. The molecule has 3 heterocycles. The third-order valence-electron chi connectivity index (χ3n) is 12.0. The first-order chi connectivity index (χ1) is 24.3. The Morgan fingerprint density at radius 2 is 1.82 bits per heavy atom. The van der Waals surface area contributed by atoms with Crippen LogP contribution in [0.25, 0.3) is 0 Å². The molecule has 0 aromatic heterocycles. The van der Waals surface area contributed by atoms with E-state index in [-0.39, 0.29) is 36.6 Å². The van der Waals surface area contributed by atoms with Gasteiger partial charge in [-0.05, 0) is 76.3 Å². The molecule has 4 fully saturated rings. The Bertz CT molecular complexity index is 1250. The predicted octanol–water partition coefficient (Wildman–Crippen LogP) is -1.45. The van der Waals surface area contributed by atoms with E-state index in [1.54, 1.807) is 12.8 Å². The maximum atomic E-state index is 12.6. The number of hydrogen-bond acceptors (Lipinski definition) is 14. The highest BCUT2D eigenvalue weighted by atomic mass is 16.7. The Morgan fingerprint density at radius 3 is 2.45 bits per heavy atom. The van der Waals surface area contributed by atoms with E-state index in [2.05, 4.69) is 22.5 Å². The standard InChI is InChI=1S/C35H56N4O12/c1-17(9-11-37-2)20(13-18-10-12-38-15-18)16-39-33(47)35(48)30(43)27(42)29(32(45)46)51-34(35)49-22-7-8-23-24(14-22)50-28(31(36)44)25(26(23)41)19-3-5-21(40)6-4-19/h10,12,15,17,19-30,33-34,37,39-43,47-48H,3-9,11,13-14,16H2,1-2H3,(H2-,36,44,45,46)/p+1. The summed E-state index contributed by atoms with van der Waals surface area (Å²) in [5, 5.41) is 82.8. The number of hydrogen-bond donors (Lipinski definition) is 10. The van der Waals surface area contributed by atoms with Crippen molar-refractivity contribution in [1.82, 2.24) is 10.6 Å². The Labute approximate surface area is 298 Å². The van der Waals surface area contributed by atoms with Gasteiger partial charge in [-0.1, -0.05) is 6.92 Å². The van der Waals surface area contributed by atoms with E-state index in [9.17, 15) is 45.3 Å². The molecule has 0 aromatic rings. The largest absolute Gasteiger partial charge is 0.479 e. The van der Waals surface area contributed by atoms with Crippen molar-refractivity contribution >= 4 is 18.1 Å². The lowest BCUT2D eigenvalue weighted by Gasteiger charge is -2.52. The number of aliphatic hydroxyl groups excluding tert-OH is 5. The molecule has 51 heavy (non-hydrogen) atoms. The molecule has 0 bridgehead atoms. The number of carboxylic acids is 1. The van der Waals surface area contributed by atoms with Gasteiger partial charge in [0.05, 0.1) is 30.5 Å². The monoisotopic (exact) mass is 725 g/mol. The summed E-state index contributed by atoms with van der Waals surface area (Å²) < 4.78 is 18.0. The smallest absolute Gasteiger partial charge is 0.335 e. The Kier molecular flexibility index (Phi) is 13.5. The van der Waals surface area contributed by atoms with Gasteiger partial charge in [-0.15, -0.1) is 4.99 Å². The van der Waals surface area contributed by atoms with Crippen molar-refractivity contribution in [2.75, 3.05) is 20.1 Å². The lowest BCUT2D eigenvalue weighted by Crippen LogP contribution is -2.75. The summed E-state index contributed by atoms with van der Waals surface area (Å²) in [6.45, 7) is 4.68. The van der Waals surface area contributed by atoms with Crippen molar-refractivity contribution in [2.24, 2.45) is 40.3 Å². The van der Waals surface area contributed by atoms with Gasteiger partial charge in [-0.3, -0.25) is 10.1 Å². The lowest BCUT2D eigenvalue weighted by molar-refractivity contribution is -0.367. The molecule has 288 valence electrons. The van der Waals surface area contributed by atoms with E-state index < -0.39 is 84.7 Å². The number of nitrogens with zero attached hydrogens (tertiary/aromatic N) is 1. The summed E-state index contributed by atoms with van der Waals surface area (Å²) in [7, 11) is 1.85. The minimum atomic E-state index is -2.72. The van der Waals surface area contributed by atoms with Crippen molar-refractivity contribution in [1.29, 1.82) is 0 Å². The fourth-order valence-corrected chi connectivity index (χ4v) is 8.76. The molecular weight excluding hydrogens is 668 g/mol. The van der Waals surface area contributed by atoms with Crippen LogP contribution in [0, 0.1) is 36.1 Å². The van der Waals surface area contributed by atoms with Crippen LogP contribution in [-0.2, 0) is 23.8 Å². The van der Waals surface area contributed by atoms with Crippen LogP contribution in [0.3, 0.4) is 0 Å². The van der Waals surface area contributed by atoms with Crippen LogP contribution in [0.15, 0.2) is 16.6 Å². The maximum absolute atomic E-state index is 12.6. The lowest BCUT2D eigenvalue weighted by atomic mass is 9.66. The average molecular weight is 726 g/mol. The van der Waals surface area contributed by atoms with E-state index in [1.807, 2.05) is 13.1 Å². The van der Waals surface area contributed by atoms with Crippen molar-refractivity contribution in [3.05, 3.63) is 18.2 Å². The number of carbonyl (C=O) groups is 2. The van der Waals surface area contributed by atoms with Gasteiger partial charge >= 0.3 is 5.97 Å². The van der Waals surface area contributed by atoms with Crippen LogP contribution in [-0.4, -0.2) is 141 Å². The predicted molar refractivity (Wildman–Crippen MR) is 181 cm³/mol. The SMILES string of the molecule is CNCCC(C)C(CNC(O)C1(O)C(OC2CCC3C(C2)OC(C(N)=O)C(C2CCC(O)CC2)C3O)OC(C(=O)O)C(O)C1O)CC1=C[CH+]N=C1. The number of aliphatic hydroxyl groups is 6. The van der Waals surface area contributed by atoms with Gasteiger partial charge in [-0.2, -0.15) is 0 Å². The number of aliphatic carboxylic acids is 1. The zero-order valence-corrected chi connectivity index (χ0v) is 29.4. The van der Waals surface area contributed by atoms with E-state index in [0.29, 0.717) is 44.9 Å². The summed E-state index contributed by atoms with van der Waals surface area (Å²) in [5.41, 5.74) is 4.04. The number of nitrogens with one attached hydrogen (secondary N) is 2. The number of amides is 1. The molecule has 5 aliphatic rings. The summed E-state index contributed by atoms with van der Waals surface area (Å²) in [6.07, 6.45) is -5.72. The fourth-order valence-electron chi connectivity index (χ4n) is 8.76. The zero-order chi connectivity index (χ0) is 37.0. The molecule has 16 nitrogen and oxygen atoms in total. The number of primary amides is 1. The van der Waals surface area contributed by atoms with E-state index in [1.165, 1.54) is 0 Å². The molecule has 1 amide bonds. The summed E-state index contributed by atoms with van der Waals surface area (Å²) in [5.74, 6) is -3.16. The van der Waals surface area contributed by atoms with Gasteiger partial charge < -0.3 is 61.0 Å². The van der Waals surface area contributed by atoms with E-state index in [0.717, 1.165) is 18.5 Å². The minimum Gasteiger partial charge on any atom is -0.479 e. The number of nitrogens with two attached hydrogens (primary N) is 1. The van der Waals surface area contributed by atoms with Crippen LogP contribution < -0.4 is 16.4 Å². The number of carboxylic acid groups (broad SMARTS) is 1. The molecular formula is C35H57N4O12+. The number of rotatable bonds is 15. The first kappa shape index (κ1) is 40.0. The molecule has 5 rings (SSSR count). The minimum absolute atomic E-state index is 0.0515. The molecule has 2 saturated carbocycles. The highest BCUT2D eigenvalue weighted by molar-refractivity contribution is 5.82. The van der Waals surface area contributed by atoms with Crippen LogP contribution in [0.1, 0.15) is 64.7 Å². The molecule has 0 spiro atoms. The van der Waals surface area contributed by atoms with Gasteiger partial charge in [0.1, 0.15) is 36.7 Å². The zero-order valence-electron chi connectivity index (χ0n) is 29.4. The molecule has 14 atom stereocenters. The third-order valence-corrected chi connectivity index (χ3v) is 12.0. The number of carbonyl (C=O) groups excluding carboxylic acids is 1. The number of aliphatic imine (C=N–C) groups is 1. The Morgan fingerprint density at radius 1 is 1.10 bits per heavy atom. The third kappa shape index (κ3) is 8.78. The van der Waals surface area contributed by atoms with Crippen LogP contribution in [0.4, 0.5) is 0 Å². The van der Waals surface area contributed by atoms with Crippen LogP contribution >= 0.6 is 0 Å². The topological polar surface area (TPSA) is 266 Å². The van der Waals surface area contributed by atoms with Crippen molar-refractivity contribution < 1.29 is 59.5 Å². The molecule has 0 radical (unpaired) electrons. The summed E-state index contributed by atoms with van der Waals surface area (Å²) in [4.78, 5) is 28.8. The molecule has 2 saturated heterocycles. The highest BCUT2D eigenvalue weighted by Gasteiger charge is 2.62. The van der Waals surface area contributed by atoms with Crippen molar-refractivity contribution in [2.45, 2.75) is 132 Å². The first-order valence-corrected chi connectivity index (χ1v) is 18.3. The van der Waals surface area contributed by atoms with E-state index in [4.69, 9.17) is 19.9 Å². The van der Waals surface area contributed by atoms with E-state index >= 15 is 0 Å². The number of fused-ring (bicyclic) bond motifs is 1. The molecule has 16 heteroatoms. The van der Waals surface area contributed by atoms with Crippen molar-refractivity contribution in [3.63, 3.8) is 0 Å². The number of ether oxygens (including phenoxy) is 3. The second kappa shape index (κ2) is 17.3. The average Bonchev–Trinajstić information content (AvgIpc) is 3.62. The summed E-state index contributed by atoms with van der Waals surface area (Å²) in [6, 6.07) is 0. The van der Waals surface area contributed by atoms with Gasteiger partial charge in [0.15, 0.2) is 24.2 Å². The van der Waals surface area contributed by atoms with Gasteiger partial charge in [0.2, 0.25) is 5.91 Å². The van der Waals surface area contributed by atoms with Crippen LogP contribution in [0.2, 0.25) is 0 Å². The molecule has 3 aliphatic heterocycles. The second-order valence-corrected chi connectivity index (χ2v) is 15.2. The molecule has 14 unspecified atom stereocenters. The molecule has 11 N–H and O–H groups in total. The van der Waals surface area contributed by atoms with Crippen molar-refractivity contribution in [3.8, 4) is 0 Å². The Balaban J connectivity index is 1.31. The van der Waals surface area contributed by atoms with Gasteiger partial charge in [0.25, 0.3) is 0 Å². The fraction of sp³-hybridized carbons (Fsp3) is 0.829. The maximum Gasteiger partial charge on any atom is 0.335 e. The summed E-state index contributed by atoms with van der Waals surface area (Å²) >= 11 is 0.